The molecule has 3 nitrogen and oxygen atoms in total. The molecule has 1 aromatic carbocycles. The Morgan fingerprint density at radius 1 is 1.29 bits per heavy atom. The van der Waals surface area contributed by atoms with Crippen molar-refractivity contribution in [2.45, 2.75) is 38.3 Å². The van der Waals surface area contributed by atoms with Gasteiger partial charge in [0.15, 0.2) is 0 Å². The number of likely N-dealkylation sites (N-methyl/N-ethyl adjacent to an activating group) is 1. The normalized spacial score (nSPS) is 13.3. The summed E-state index contributed by atoms with van der Waals surface area (Å²) in [4.78, 5) is 4.76. The van der Waals surface area contributed by atoms with Gasteiger partial charge in [0, 0.05) is 30.5 Å². The molecule has 1 heterocycles. The van der Waals surface area contributed by atoms with E-state index in [9.17, 15) is 0 Å². The Labute approximate surface area is 131 Å². The minimum absolute atomic E-state index is 0.118. The molecule has 0 radical (unpaired) electrons. The predicted octanol–water partition coefficient (Wildman–Crippen LogP) is 3.76. The molecule has 0 aliphatic carbocycles. The molecule has 114 valence electrons. The number of ether oxygens (including phenoxy) is 1. The molecule has 4 heteroatoms. The third kappa shape index (κ3) is 4.63. The molecule has 1 aromatic heterocycles. The lowest BCUT2D eigenvalue weighted by atomic mass is 9.97. The Kier molecular flexibility index (Phi) is 5.51. The van der Waals surface area contributed by atoms with Gasteiger partial charge in [-0.2, -0.15) is 0 Å². The van der Waals surface area contributed by atoms with Gasteiger partial charge in [-0.25, -0.2) is 4.98 Å². The van der Waals surface area contributed by atoms with Gasteiger partial charge in [0.25, 0.3) is 0 Å². The highest BCUT2D eigenvalue weighted by Crippen LogP contribution is 2.24. The number of rotatable bonds is 7. The summed E-state index contributed by atoms with van der Waals surface area (Å²) >= 11 is 1.73. The lowest BCUT2D eigenvalue weighted by Crippen LogP contribution is -2.37. The van der Waals surface area contributed by atoms with E-state index in [2.05, 4.69) is 36.7 Å². The van der Waals surface area contributed by atoms with Crippen molar-refractivity contribution >= 4 is 11.3 Å². The number of nitrogens with zero attached hydrogens (tertiary/aromatic N) is 1. The van der Waals surface area contributed by atoms with Crippen molar-refractivity contribution in [2.24, 2.45) is 0 Å². The van der Waals surface area contributed by atoms with Crippen molar-refractivity contribution in [1.29, 1.82) is 0 Å². The van der Waals surface area contributed by atoms with Crippen molar-refractivity contribution in [1.82, 2.24) is 10.3 Å². The quantitative estimate of drug-likeness (QED) is 0.846. The molecule has 0 saturated carbocycles. The van der Waals surface area contributed by atoms with E-state index in [1.165, 1.54) is 10.6 Å². The molecule has 2 aromatic rings. The Bertz CT molecular complexity index is 551. The van der Waals surface area contributed by atoms with Crippen molar-refractivity contribution in [3.8, 4) is 11.3 Å². The second-order valence-electron chi connectivity index (χ2n) is 5.85. The molecule has 0 saturated heterocycles. The smallest absolute Gasteiger partial charge is 0.0948 e. The van der Waals surface area contributed by atoms with Crippen molar-refractivity contribution < 1.29 is 4.74 Å². The highest BCUT2D eigenvalue weighted by molar-refractivity contribution is 7.09. The number of hydrogen-bond acceptors (Lipinski definition) is 4. The van der Waals surface area contributed by atoms with Crippen LogP contribution in [0.25, 0.3) is 11.3 Å². The van der Waals surface area contributed by atoms with E-state index in [1.54, 1.807) is 18.4 Å². The summed E-state index contributed by atoms with van der Waals surface area (Å²) in [5.74, 6) is 0. The van der Waals surface area contributed by atoms with E-state index >= 15 is 0 Å². The maximum absolute atomic E-state index is 5.53. The number of benzene rings is 1. The van der Waals surface area contributed by atoms with Gasteiger partial charge in [-0.1, -0.05) is 30.3 Å². The van der Waals surface area contributed by atoms with Crippen LogP contribution in [0.2, 0.25) is 0 Å². The van der Waals surface area contributed by atoms with Crippen LogP contribution < -0.4 is 5.32 Å². The van der Waals surface area contributed by atoms with Gasteiger partial charge in [-0.05, 0) is 27.3 Å². The average Bonchev–Trinajstić information content (AvgIpc) is 2.96. The van der Waals surface area contributed by atoms with Gasteiger partial charge in [-0.15, -0.1) is 11.3 Å². The van der Waals surface area contributed by atoms with Gasteiger partial charge in [0.1, 0.15) is 0 Å². The Morgan fingerprint density at radius 2 is 2.00 bits per heavy atom. The molecular weight excluding hydrogens is 280 g/mol. The van der Waals surface area contributed by atoms with E-state index in [-0.39, 0.29) is 5.60 Å². The standard InChI is InChI=1S/C17H24N2OS/c1-17(2,20-4)11-14(18-3)10-16-19-15(12-21-16)13-8-6-5-7-9-13/h5-9,12,14,18H,10-11H2,1-4H3. The highest BCUT2D eigenvalue weighted by Gasteiger charge is 2.22. The fourth-order valence-corrected chi connectivity index (χ4v) is 3.19. The first-order valence-electron chi connectivity index (χ1n) is 7.26. The summed E-state index contributed by atoms with van der Waals surface area (Å²) in [5.41, 5.74) is 2.13. The van der Waals surface area contributed by atoms with Gasteiger partial charge < -0.3 is 10.1 Å². The van der Waals surface area contributed by atoms with Crippen LogP contribution in [-0.4, -0.2) is 30.8 Å². The number of thiazole rings is 1. The third-order valence-electron chi connectivity index (χ3n) is 3.74. The molecule has 1 atom stereocenters. The largest absolute Gasteiger partial charge is 0.379 e. The van der Waals surface area contributed by atoms with Gasteiger partial charge in [-0.3, -0.25) is 0 Å². The zero-order valence-corrected chi connectivity index (χ0v) is 14.0. The number of methoxy groups -OCH3 is 1. The molecule has 0 bridgehead atoms. The molecule has 0 fully saturated rings. The van der Waals surface area contributed by atoms with Crippen LogP contribution in [0, 0.1) is 0 Å². The molecule has 0 spiro atoms. The molecular formula is C17H24N2OS. The maximum atomic E-state index is 5.53. The minimum Gasteiger partial charge on any atom is -0.379 e. The lowest BCUT2D eigenvalue weighted by molar-refractivity contribution is 0.00773. The van der Waals surface area contributed by atoms with Crippen molar-refractivity contribution in [2.75, 3.05) is 14.2 Å². The van der Waals surface area contributed by atoms with E-state index in [1.807, 2.05) is 25.2 Å². The average molecular weight is 304 g/mol. The molecule has 1 N–H and O–H groups in total. The van der Waals surface area contributed by atoms with Crippen LogP contribution in [0.1, 0.15) is 25.3 Å². The van der Waals surface area contributed by atoms with Crippen LogP contribution in [0.3, 0.4) is 0 Å². The number of aromatic nitrogens is 1. The fourth-order valence-electron chi connectivity index (χ4n) is 2.31. The SMILES string of the molecule is CNC(Cc1nc(-c2ccccc2)cs1)CC(C)(C)OC. The van der Waals surface area contributed by atoms with Crippen molar-refractivity contribution in [3.63, 3.8) is 0 Å². The second kappa shape index (κ2) is 7.16. The summed E-state index contributed by atoms with van der Waals surface area (Å²) in [6.07, 6.45) is 1.89. The Hall–Kier alpha value is -1.23. The summed E-state index contributed by atoms with van der Waals surface area (Å²) in [5, 5.41) is 6.68. The second-order valence-corrected chi connectivity index (χ2v) is 6.79. The van der Waals surface area contributed by atoms with Crippen LogP contribution in [0.15, 0.2) is 35.7 Å². The van der Waals surface area contributed by atoms with E-state index in [4.69, 9.17) is 9.72 Å². The molecule has 0 amide bonds. The zero-order chi connectivity index (χ0) is 15.3. The van der Waals surface area contributed by atoms with Crippen LogP contribution in [0.5, 0.6) is 0 Å². The van der Waals surface area contributed by atoms with Gasteiger partial charge >= 0.3 is 0 Å². The monoisotopic (exact) mass is 304 g/mol. The molecule has 2 rings (SSSR count). The molecule has 1 unspecified atom stereocenters. The van der Waals surface area contributed by atoms with E-state index in [0.717, 1.165) is 18.5 Å². The minimum atomic E-state index is -0.118. The Morgan fingerprint density at radius 3 is 2.62 bits per heavy atom. The molecule has 21 heavy (non-hydrogen) atoms. The van der Waals surface area contributed by atoms with Gasteiger partial charge in [0.05, 0.1) is 16.3 Å². The maximum Gasteiger partial charge on any atom is 0.0948 e. The van der Waals surface area contributed by atoms with Crippen molar-refractivity contribution in [3.05, 3.63) is 40.7 Å². The first kappa shape index (κ1) is 16.1. The van der Waals surface area contributed by atoms with Gasteiger partial charge in [0.2, 0.25) is 0 Å². The third-order valence-corrected chi connectivity index (χ3v) is 4.61. The summed E-state index contributed by atoms with van der Waals surface area (Å²) in [7, 11) is 3.77. The summed E-state index contributed by atoms with van der Waals surface area (Å²) < 4.78 is 5.53. The summed E-state index contributed by atoms with van der Waals surface area (Å²) in [6.45, 7) is 4.24. The zero-order valence-electron chi connectivity index (χ0n) is 13.2. The number of hydrogen-bond donors (Lipinski definition) is 1. The highest BCUT2D eigenvalue weighted by atomic mass is 32.1. The van der Waals surface area contributed by atoms with Crippen LogP contribution in [-0.2, 0) is 11.2 Å². The first-order chi connectivity index (χ1) is 10.0. The lowest BCUT2D eigenvalue weighted by Gasteiger charge is -2.28. The molecule has 0 aliphatic heterocycles. The van der Waals surface area contributed by atoms with Crippen LogP contribution in [0.4, 0.5) is 0 Å². The Balaban J connectivity index is 2.04. The van der Waals surface area contributed by atoms with Crippen LogP contribution >= 0.6 is 11.3 Å². The topological polar surface area (TPSA) is 34.2 Å². The first-order valence-corrected chi connectivity index (χ1v) is 8.14. The number of nitrogens with one attached hydrogen (secondary N) is 1. The van der Waals surface area contributed by atoms with E-state index in [0.29, 0.717) is 6.04 Å². The summed E-state index contributed by atoms with van der Waals surface area (Å²) in [6, 6.07) is 10.7. The fraction of sp³-hybridized carbons (Fsp3) is 0.471. The predicted molar refractivity (Wildman–Crippen MR) is 89.8 cm³/mol. The van der Waals surface area contributed by atoms with E-state index < -0.39 is 0 Å². The molecule has 0 aliphatic rings.